The van der Waals surface area contributed by atoms with Crippen LogP contribution >= 0.6 is 0 Å². The largest absolute Gasteiger partial charge is 0.339 e. The number of nitrogens with zero attached hydrogens (tertiary/aromatic N) is 5. The van der Waals surface area contributed by atoms with E-state index in [0.29, 0.717) is 13.1 Å². The van der Waals surface area contributed by atoms with E-state index in [1.165, 1.54) is 12.1 Å². The third-order valence-corrected chi connectivity index (χ3v) is 4.21. The summed E-state index contributed by atoms with van der Waals surface area (Å²) in [5.74, 6) is 0.959. The van der Waals surface area contributed by atoms with Gasteiger partial charge in [0.15, 0.2) is 0 Å². The number of aromatic nitrogens is 2. The zero-order valence-corrected chi connectivity index (χ0v) is 13.5. The molecule has 0 radical (unpaired) electrons. The van der Waals surface area contributed by atoms with Crippen LogP contribution in [-0.2, 0) is 18.3 Å². The van der Waals surface area contributed by atoms with Crippen molar-refractivity contribution in [2.24, 2.45) is 7.05 Å². The Hall–Kier alpha value is -2.90. The molecule has 0 N–H and O–H groups in total. The van der Waals surface area contributed by atoms with Crippen molar-refractivity contribution in [2.45, 2.75) is 6.42 Å². The number of nitro benzene ring substituents is 1. The number of hydrogen-bond donors (Lipinski definition) is 0. The van der Waals surface area contributed by atoms with Crippen molar-refractivity contribution in [1.29, 1.82) is 0 Å². The van der Waals surface area contributed by atoms with Crippen molar-refractivity contribution in [1.82, 2.24) is 14.5 Å². The maximum Gasteiger partial charge on any atom is 0.269 e. The van der Waals surface area contributed by atoms with Crippen LogP contribution < -0.4 is 4.90 Å². The summed E-state index contributed by atoms with van der Waals surface area (Å²) in [6.07, 6.45) is 3.93. The lowest BCUT2D eigenvalue weighted by molar-refractivity contribution is -0.384. The molecule has 1 aliphatic heterocycles. The number of benzene rings is 1. The van der Waals surface area contributed by atoms with Crippen LogP contribution in [-0.4, -0.2) is 51.5 Å². The number of piperazine rings is 1. The Labute approximate surface area is 139 Å². The summed E-state index contributed by atoms with van der Waals surface area (Å²) in [4.78, 5) is 30.9. The summed E-state index contributed by atoms with van der Waals surface area (Å²) in [7, 11) is 1.95. The van der Waals surface area contributed by atoms with Gasteiger partial charge in [0, 0.05) is 57.8 Å². The fraction of sp³-hybridized carbons (Fsp3) is 0.375. The highest BCUT2D eigenvalue weighted by Gasteiger charge is 2.23. The topological polar surface area (TPSA) is 84.5 Å². The average molecular weight is 329 g/mol. The smallest absolute Gasteiger partial charge is 0.269 e. The highest BCUT2D eigenvalue weighted by Crippen LogP contribution is 2.15. The van der Waals surface area contributed by atoms with Crippen LogP contribution in [0.4, 0.5) is 11.6 Å². The number of carbonyl (C=O) groups excluding carboxylic acids is 1. The lowest BCUT2D eigenvalue weighted by Crippen LogP contribution is -2.49. The SMILES string of the molecule is Cn1ccnc1N1CCN(C(=O)Cc2ccc([N+](=O)[O-])cc2)CC1. The van der Waals surface area contributed by atoms with E-state index in [0.717, 1.165) is 24.6 Å². The van der Waals surface area contributed by atoms with Gasteiger partial charge >= 0.3 is 0 Å². The van der Waals surface area contributed by atoms with E-state index in [2.05, 4.69) is 9.88 Å². The molecule has 0 saturated carbocycles. The third kappa shape index (κ3) is 3.37. The first-order valence-electron chi connectivity index (χ1n) is 7.78. The Morgan fingerprint density at radius 1 is 1.21 bits per heavy atom. The Morgan fingerprint density at radius 3 is 2.42 bits per heavy atom. The molecule has 1 aliphatic rings. The van der Waals surface area contributed by atoms with Gasteiger partial charge in [-0.3, -0.25) is 14.9 Å². The molecule has 126 valence electrons. The van der Waals surface area contributed by atoms with Crippen LogP contribution in [0, 0.1) is 10.1 Å². The minimum Gasteiger partial charge on any atom is -0.339 e. The molecule has 1 amide bonds. The summed E-state index contributed by atoms with van der Waals surface area (Å²) < 4.78 is 1.97. The maximum atomic E-state index is 12.4. The zero-order valence-electron chi connectivity index (χ0n) is 13.5. The van der Waals surface area contributed by atoms with Crippen molar-refractivity contribution in [2.75, 3.05) is 31.1 Å². The Bertz CT molecular complexity index is 732. The van der Waals surface area contributed by atoms with E-state index in [4.69, 9.17) is 0 Å². The molecule has 24 heavy (non-hydrogen) atoms. The summed E-state index contributed by atoms with van der Waals surface area (Å²) in [5.41, 5.74) is 0.826. The molecule has 1 aromatic carbocycles. The van der Waals surface area contributed by atoms with Crippen molar-refractivity contribution in [3.63, 3.8) is 0 Å². The molecule has 2 heterocycles. The van der Waals surface area contributed by atoms with Gasteiger partial charge in [0.05, 0.1) is 11.3 Å². The molecule has 1 aromatic heterocycles. The van der Waals surface area contributed by atoms with E-state index >= 15 is 0 Å². The van der Waals surface area contributed by atoms with Crippen LogP contribution in [0.2, 0.25) is 0 Å². The first-order chi connectivity index (χ1) is 11.5. The van der Waals surface area contributed by atoms with Crippen molar-refractivity contribution >= 4 is 17.5 Å². The van der Waals surface area contributed by atoms with E-state index in [9.17, 15) is 14.9 Å². The summed E-state index contributed by atoms with van der Waals surface area (Å²) in [5, 5.41) is 10.7. The first-order valence-corrected chi connectivity index (χ1v) is 7.78. The predicted molar refractivity (Wildman–Crippen MR) is 88.8 cm³/mol. The number of imidazole rings is 1. The van der Waals surface area contributed by atoms with Crippen LogP contribution in [0.25, 0.3) is 0 Å². The van der Waals surface area contributed by atoms with Gasteiger partial charge in [-0.05, 0) is 5.56 Å². The molecular formula is C16H19N5O3. The van der Waals surface area contributed by atoms with Gasteiger partial charge in [0.2, 0.25) is 11.9 Å². The van der Waals surface area contributed by atoms with Gasteiger partial charge in [0.1, 0.15) is 0 Å². The molecular weight excluding hydrogens is 310 g/mol. The third-order valence-electron chi connectivity index (χ3n) is 4.21. The van der Waals surface area contributed by atoms with Crippen LogP contribution in [0.15, 0.2) is 36.7 Å². The lowest BCUT2D eigenvalue weighted by atomic mass is 10.1. The standard InChI is InChI=1S/C16H19N5O3/c1-18-7-6-17-16(18)20-10-8-19(9-11-20)15(22)12-13-2-4-14(5-3-13)21(23)24/h2-7H,8-12H2,1H3. The van der Waals surface area contributed by atoms with Gasteiger partial charge in [-0.2, -0.15) is 0 Å². The van der Waals surface area contributed by atoms with Crippen molar-refractivity contribution in [3.05, 3.63) is 52.3 Å². The molecule has 1 saturated heterocycles. The highest BCUT2D eigenvalue weighted by molar-refractivity contribution is 5.79. The van der Waals surface area contributed by atoms with E-state index in [1.807, 2.05) is 22.7 Å². The number of rotatable bonds is 4. The molecule has 3 rings (SSSR count). The molecule has 0 spiro atoms. The molecule has 1 fully saturated rings. The molecule has 0 aliphatic carbocycles. The maximum absolute atomic E-state index is 12.4. The number of nitro groups is 1. The van der Waals surface area contributed by atoms with Crippen LogP contribution in [0.1, 0.15) is 5.56 Å². The van der Waals surface area contributed by atoms with Crippen molar-refractivity contribution < 1.29 is 9.72 Å². The minimum atomic E-state index is -0.442. The van der Waals surface area contributed by atoms with Gasteiger partial charge in [-0.15, -0.1) is 0 Å². The Balaban J connectivity index is 1.55. The number of hydrogen-bond acceptors (Lipinski definition) is 5. The van der Waals surface area contributed by atoms with E-state index in [-0.39, 0.29) is 18.0 Å². The van der Waals surface area contributed by atoms with Gasteiger partial charge in [-0.25, -0.2) is 4.98 Å². The minimum absolute atomic E-state index is 0.0369. The number of aryl methyl sites for hydroxylation is 1. The molecule has 2 aromatic rings. The monoisotopic (exact) mass is 329 g/mol. The number of amides is 1. The van der Waals surface area contributed by atoms with Gasteiger partial charge in [-0.1, -0.05) is 12.1 Å². The fourth-order valence-corrected chi connectivity index (χ4v) is 2.84. The second-order valence-electron chi connectivity index (χ2n) is 5.81. The van der Waals surface area contributed by atoms with E-state index < -0.39 is 4.92 Å². The summed E-state index contributed by atoms with van der Waals surface area (Å²) in [6.45, 7) is 2.80. The number of non-ortho nitro benzene ring substituents is 1. The van der Waals surface area contributed by atoms with Crippen LogP contribution in [0.3, 0.4) is 0 Å². The first kappa shape index (κ1) is 16.0. The van der Waals surface area contributed by atoms with Crippen molar-refractivity contribution in [3.8, 4) is 0 Å². The fourth-order valence-electron chi connectivity index (χ4n) is 2.84. The number of carbonyl (C=O) groups is 1. The lowest BCUT2D eigenvalue weighted by Gasteiger charge is -2.35. The molecule has 8 nitrogen and oxygen atoms in total. The Kier molecular flexibility index (Phi) is 4.45. The second kappa shape index (κ2) is 6.69. The number of anilines is 1. The van der Waals surface area contributed by atoms with E-state index in [1.54, 1.807) is 18.3 Å². The molecule has 0 atom stereocenters. The Morgan fingerprint density at radius 2 is 1.88 bits per heavy atom. The average Bonchev–Trinajstić information content (AvgIpc) is 3.01. The second-order valence-corrected chi connectivity index (χ2v) is 5.81. The van der Waals surface area contributed by atoms with Crippen LogP contribution in [0.5, 0.6) is 0 Å². The normalized spacial score (nSPS) is 14.7. The zero-order chi connectivity index (χ0) is 17.1. The highest BCUT2D eigenvalue weighted by atomic mass is 16.6. The molecule has 8 heteroatoms. The predicted octanol–water partition coefficient (Wildman–Crippen LogP) is 1.22. The van der Waals surface area contributed by atoms with Gasteiger partial charge < -0.3 is 14.4 Å². The van der Waals surface area contributed by atoms with Gasteiger partial charge in [0.25, 0.3) is 5.69 Å². The molecule has 0 bridgehead atoms. The summed E-state index contributed by atoms with van der Waals surface area (Å²) in [6, 6.07) is 6.14. The summed E-state index contributed by atoms with van der Waals surface area (Å²) >= 11 is 0. The molecule has 0 unspecified atom stereocenters. The quantitative estimate of drug-likeness (QED) is 0.622.